The van der Waals surface area contributed by atoms with Gasteiger partial charge in [-0.25, -0.2) is 0 Å². The average molecular weight is 222 g/mol. The van der Waals surface area contributed by atoms with E-state index in [1.54, 1.807) is 0 Å². The summed E-state index contributed by atoms with van der Waals surface area (Å²) in [5, 5.41) is 2.73. The highest BCUT2D eigenvalue weighted by Gasteiger charge is 2.07. The highest BCUT2D eigenvalue weighted by molar-refractivity contribution is 7.80. The number of hydrogen-bond acceptors (Lipinski definition) is 2. The minimum Gasteiger partial charge on any atom is -0.344 e. The van der Waals surface area contributed by atoms with Gasteiger partial charge in [-0.15, -0.1) is 0 Å². The first-order chi connectivity index (χ1) is 7.22. The second-order valence-electron chi connectivity index (χ2n) is 3.39. The molecule has 1 aromatic rings. The first kappa shape index (κ1) is 12.1. The van der Waals surface area contributed by atoms with Gasteiger partial charge in [-0.2, -0.15) is 12.6 Å². The van der Waals surface area contributed by atoms with E-state index in [0.717, 1.165) is 18.4 Å². The van der Waals surface area contributed by atoms with E-state index in [0.29, 0.717) is 6.42 Å². The molecule has 81 valence electrons. The Morgan fingerprint density at radius 3 is 2.67 bits per heavy atom. The minimum absolute atomic E-state index is 0.00894. The van der Waals surface area contributed by atoms with Crippen molar-refractivity contribution in [2.45, 2.75) is 24.6 Å². The third-order valence-corrected chi connectivity index (χ3v) is 2.40. The Labute approximate surface area is 96.5 Å². The molecule has 0 aliphatic carbocycles. The van der Waals surface area contributed by atoms with Crippen LogP contribution in [0.5, 0.6) is 0 Å². The van der Waals surface area contributed by atoms with Gasteiger partial charge in [0.2, 0.25) is 5.91 Å². The van der Waals surface area contributed by atoms with Crippen LogP contribution in [0.1, 0.15) is 18.4 Å². The van der Waals surface area contributed by atoms with Crippen LogP contribution in [0, 0.1) is 6.92 Å². The summed E-state index contributed by atoms with van der Waals surface area (Å²) < 4.78 is 0. The maximum atomic E-state index is 11.5. The molecule has 1 N–H and O–H groups in total. The lowest BCUT2D eigenvalue weighted by Crippen LogP contribution is -2.31. The lowest BCUT2D eigenvalue weighted by molar-refractivity contribution is -0.120. The molecule has 1 radical (unpaired) electrons. The van der Waals surface area contributed by atoms with Gasteiger partial charge in [-0.3, -0.25) is 4.79 Å². The summed E-state index contributed by atoms with van der Waals surface area (Å²) >= 11 is 4.24. The van der Waals surface area contributed by atoms with Gasteiger partial charge >= 0.3 is 0 Å². The summed E-state index contributed by atoms with van der Waals surface area (Å²) in [5.41, 5.74) is 1.02. The van der Waals surface area contributed by atoms with Gasteiger partial charge in [0.15, 0.2) is 0 Å². The van der Waals surface area contributed by atoms with Crippen LogP contribution in [0.15, 0.2) is 30.3 Å². The Morgan fingerprint density at radius 2 is 2.07 bits per heavy atom. The van der Waals surface area contributed by atoms with Crippen LogP contribution in [0.25, 0.3) is 0 Å². The lowest BCUT2D eigenvalue weighted by atomic mass is 10.1. The van der Waals surface area contributed by atoms with Crippen LogP contribution in [0.2, 0.25) is 0 Å². The molecule has 0 saturated heterocycles. The summed E-state index contributed by atoms with van der Waals surface area (Å²) in [4.78, 5) is 11.5. The van der Waals surface area contributed by atoms with E-state index in [2.05, 4.69) is 24.9 Å². The average Bonchev–Trinajstić information content (AvgIpc) is 2.19. The quantitative estimate of drug-likeness (QED) is 0.580. The number of hydrogen-bond donors (Lipinski definition) is 2. The predicted octanol–water partition coefficient (Wildman–Crippen LogP) is 2.22. The first-order valence-electron chi connectivity index (χ1n) is 5.03. The summed E-state index contributed by atoms with van der Waals surface area (Å²) in [6.07, 6.45) is 1.98. The fraction of sp³-hybridized carbons (Fsp3) is 0.333. The Balaban J connectivity index is 2.36. The van der Waals surface area contributed by atoms with Crippen LogP contribution in [0.3, 0.4) is 0 Å². The fourth-order valence-electron chi connectivity index (χ4n) is 1.28. The first-order valence-corrected chi connectivity index (χ1v) is 5.54. The maximum absolute atomic E-state index is 11.5. The monoisotopic (exact) mass is 222 g/mol. The van der Waals surface area contributed by atoms with Crippen LogP contribution in [0.4, 0.5) is 0 Å². The molecule has 0 aliphatic rings. The number of carbonyl (C=O) groups excluding carboxylic acids is 1. The van der Waals surface area contributed by atoms with Gasteiger partial charge in [0.1, 0.15) is 0 Å². The Bertz CT molecular complexity index is 300. The molecule has 0 aromatic heterocycles. The highest BCUT2D eigenvalue weighted by Crippen LogP contribution is 2.03. The molecule has 0 heterocycles. The second-order valence-corrected chi connectivity index (χ2v) is 4.01. The molecule has 0 aliphatic heterocycles. The van der Waals surface area contributed by atoms with Gasteiger partial charge in [-0.05, 0) is 12.0 Å². The number of thiol groups is 1. The summed E-state index contributed by atoms with van der Waals surface area (Å²) in [6.45, 7) is 3.72. The Kier molecular flexibility index (Phi) is 5.26. The van der Waals surface area contributed by atoms with Crippen molar-refractivity contribution in [1.29, 1.82) is 0 Å². The number of amides is 1. The number of carbonyl (C=O) groups is 1. The standard InChI is InChI=1S/C12H16NOS/c1-2-6-12(15)13-11(14)9-10-7-4-3-5-8-10/h3-5,7-8,12,15H,1-2,6,9H2,(H,13,14)/t12-/m0/s1. The van der Waals surface area contributed by atoms with Gasteiger partial charge < -0.3 is 5.32 Å². The molecule has 2 nitrogen and oxygen atoms in total. The van der Waals surface area contributed by atoms with Crippen molar-refractivity contribution < 1.29 is 4.79 Å². The van der Waals surface area contributed by atoms with E-state index in [9.17, 15) is 4.79 Å². The summed E-state index contributed by atoms with van der Waals surface area (Å²) in [6, 6.07) is 9.67. The van der Waals surface area contributed by atoms with Crippen LogP contribution < -0.4 is 5.32 Å². The molecule has 1 atom stereocenters. The van der Waals surface area contributed by atoms with E-state index in [1.165, 1.54) is 0 Å². The molecule has 0 spiro atoms. The zero-order chi connectivity index (χ0) is 11.1. The van der Waals surface area contributed by atoms with Gasteiger partial charge in [0, 0.05) is 0 Å². The smallest absolute Gasteiger partial charge is 0.225 e. The Morgan fingerprint density at radius 1 is 1.40 bits per heavy atom. The molecule has 0 bridgehead atoms. The molecule has 1 aromatic carbocycles. The fourth-order valence-corrected chi connectivity index (χ4v) is 1.61. The number of nitrogens with one attached hydrogen (secondary N) is 1. The Hall–Kier alpha value is -0.960. The van der Waals surface area contributed by atoms with E-state index >= 15 is 0 Å². The molecule has 0 fully saturated rings. The van der Waals surface area contributed by atoms with Crippen molar-refractivity contribution in [2.24, 2.45) is 0 Å². The van der Waals surface area contributed by atoms with Gasteiger partial charge in [0.25, 0.3) is 0 Å². The van der Waals surface area contributed by atoms with Crippen molar-refractivity contribution in [3.63, 3.8) is 0 Å². The molecule has 15 heavy (non-hydrogen) atoms. The van der Waals surface area contributed by atoms with Crippen molar-refractivity contribution in [2.75, 3.05) is 0 Å². The highest BCUT2D eigenvalue weighted by atomic mass is 32.1. The predicted molar refractivity (Wildman–Crippen MR) is 65.7 cm³/mol. The van der Waals surface area contributed by atoms with E-state index < -0.39 is 0 Å². The van der Waals surface area contributed by atoms with E-state index in [-0.39, 0.29) is 11.3 Å². The largest absolute Gasteiger partial charge is 0.344 e. The van der Waals surface area contributed by atoms with Crippen LogP contribution >= 0.6 is 12.6 Å². The zero-order valence-corrected chi connectivity index (χ0v) is 9.54. The molecule has 1 rings (SSSR count). The SMILES string of the molecule is [CH2]CC[C@H](S)NC(=O)Cc1ccccc1. The van der Waals surface area contributed by atoms with E-state index in [4.69, 9.17) is 0 Å². The van der Waals surface area contributed by atoms with E-state index in [1.807, 2.05) is 30.3 Å². The third-order valence-electron chi connectivity index (χ3n) is 2.01. The topological polar surface area (TPSA) is 29.1 Å². The second kappa shape index (κ2) is 6.51. The van der Waals surface area contributed by atoms with Crippen LogP contribution in [-0.4, -0.2) is 11.3 Å². The normalized spacial score (nSPS) is 12.1. The molecule has 1 amide bonds. The molecule has 0 saturated carbocycles. The molecule has 0 unspecified atom stereocenters. The van der Waals surface area contributed by atoms with Gasteiger partial charge in [0.05, 0.1) is 11.8 Å². The van der Waals surface area contributed by atoms with Gasteiger partial charge in [-0.1, -0.05) is 43.7 Å². The van der Waals surface area contributed by atoms with Crippen molar-refractivity contribution in [3.8, 4) is 0 Å². The zero-order valence-electron chi connectivity index (χ0n) is 8.65. The van der Waals surface area contributed by atoms with Crippen molar-refractivity contribution in [3.05, 3.63) is 42.8 Å². The minimum atomic E-state index is -0.0845. The third kappa shape index (κ3) is 4.88. The molecular formula is C12H16NOS. The molecular weight excluding hydrogens is 206 g/mol. The summed E-state index contributed by atoms with van der Waals surface area (Å²) in [7, 11) is 0. The maximum Gasteiger partial charge on any atom is 0.225 e. The number of benzene rings is 1. The van der Waals surface area contributed by atoms with Crippen molar-refractivity contribution in [1.82, 2.24) is 5.32 Å². The summed E-state index contributed by atoms with van der Waals surface area (Å²) in [5.74, 6) is 0.00894. The molecule has 3 heteroatoms. The number of rotatable bonds is 5. The van der Waals surface area contributed by atoms with Crippen LogP contribution in [-0.2, 0) is 11.2 Å². The lowest BCUT2D eigenvalue weighted by Gasteiger charge is -2.11. The van der Waals surface area contributed by atoms with Crippen molar-refractivity contribution >= 4 is 18.5 Å².